The average molecular weight is 173 g/mol. The zero-order chi connectivity index (χ0) is 8.97. The molecule has 0 aromatic carbocycles. The number of nitrogens with zero attached hydrogens (tertiary/aromatic N) is 1. The number of rotatable bonds is 3. The SMILES string of the molecule is CC(C)C1CN(CCO)CCO1. The zero-order valence-electron chi connectivity index (χ0n) is 7.99. The average Bonchev–Trinajstić information content (AvgIpc) is 2.05. The zero-order valence-corrected chi connectivity index (χ0v) is 7.99. The predicted molar refractivity (Wildman–Crippen MR) is 48.1 cm³/mol. The van der Waals surface area contributed by atoms with Gasteiger partial charge in [0.15, 0.2) is 0 Å². The second-order valence-electron chi connectivity index (χ2n) is 3.68. The molecule has 1 saturated heterocycles. The van der Waals surface area contributed by atoms with E-state index in [9.17, 15) is 0 Å². The van der Waals surface area contributed by atoms with Crippen LogP contribution in [-0.4, -0.2) is 49.0 Å². The van der Waals surface area contributed by atoms with Crippen molar-refractivity contribution in [3.8, 4) is 0 Å². The molecule has 12 heavy (non-hydrogen) atoms. The molecule has 1 aliphatic heterocycles. The molecule has 1 N–H and O–H groups in total. The maximum Gasteiger partial charge on any atom is 0.0725 e. The highest BCUT2D eigenvalue weighted by Crippen LogP contribution is 2.12. The molecule has 1 atom stereocenters. The van der Waals surface area contributed by atoms with Crippen LogP contribution >= 0.6 is 0 Å². The van der Waals surface area contributed by atoms with Gasteiger partial charge in [-0.3, -0.25) is 4.90 Å². The fraction of sp³-hybridized carbons (Fsp3) is 1.00. The van der Waals surface area contributed by atoms with Crippen LogP contribution < -0.4 is 0 Å². The number of morpholine rings is 1. The molecule has 0 aliphatic carbocycles. The standard InChI is InChI=1S/C9H19NO2/c1-8(2)9-7-10(3-5-11)4-6-12-9/h8-9,11H,3-7H2,1-2H3. The van der Waals surface area contributed by atoms with Crippen molar-refractivity contribution in [3.05, 3.63) is 0 Å². The van der Waals surface area contributed by atoms with Crippen molar-refractivity contribution in [2.75, 3.05) is 32.8 Å². The first-order chi connectivity index (χ1) is 5.74. The van der Waals surface area contributed by atoms with Crippen LogP contribution in [0.2, 0.25) is 0 Å². The van der Waals surface area contributed by atoms with Gasteiger partial charge in [0.05, 0.1) is 19.3 Å². The van der Waals surface area contributed by atoms with Crippen LogP contribution in [-0.2, 0) is 4.74 Å². The Morgan fingerprint density at radius 1 is 1.58 bits per heavy atom. The Labute approximate surface area is 74.3 Å². The predicted octanol–water partition coefficient (Wildman–Crippen LogP) is 0.335. The fourth-order valence-corrected chi connectivity index (χ4v) is 1.48. The maximum absolute atomic E-state index is 8.76. The fourth-order valence-electron chi connectivity index (χ4n) is 1.48. The van der Waals surface area contributed by atoms with E-state index in [1.165, 1.54) is 0 Å². The van der Waals surface area contributed by atoms with Gasteiger partial charge in [-0.25, -0.2) is 0 Å². The van der Waals surface area contributed by atoms with Gasteiger partial charge in [-0.05, 0) is 5.92 Å². The first-order valence-corrected chi connectivity index (χ1v) is 4.69. The number of aliphatic hydroxyl groups is 1. The smallest absolute Gasteiger partial charge is 0.0725 e. The van der Waals surface area contributed by atoms with E-state index in [-0.39, 0.29) is 6.61 Å². The lowest BCUT2D eigenvalue weighted by atomic mass is 10.1. The monoisotopic (exact) mass is 173 g/mol. The summed E-state index contributed by atoms with van der Waals surface area (Å²) in [6, 6.07) is 0. The molecule has 72 valence electrons. The molecular weight excluding hydrogens is 154 g/mol. The van der Waals surface area contributed by atoms with Gasteiger partial charge in [-0.1, -0.05) is 13.8 Å². The molecule has 3 heteroatoms. The lowest BCUT2D eigenvalue weighted by Gasteiger charge is -2.34. The van der Waals surface area contributed by atoms with Gasteiger partial charge >= 0.3 is 0 Å². The topological polar surface area (TPSA) is 32.7 Å². The van der Waals surface area contributed by atoms with Crippen LogP contribution in [0.15, 0.2) is 0 Å². The lowest BCUT2D eigenvalue weighted by molar-refractivity contribution is -0.0533. The van der Waals surface area contributed by atoms with Gasteiger partial charge in [0, 0.05) is 19.6 Å². The van der Waals surface area contributed by atoms with Crippen molar-refractivity contribution in [2.24, 2.45) is 5.92 Å². The molecule has 0 bridgehead atoms. The molecule has 0 aromatic rings. The molecule has 1 unspecified atom stereocenters. The van der Waals surface area contributed by atoms with Crippen LogP contribution in [0.3, 0.4) is 0 Å². The third kappa shape index (κ3) is 2.73. The Balaban J connectivity index is 2.30. The first-order valence-electron chi connectivity index (χ1n) is 4.69. The first kappa shape index (κ1) is 9.96. The molecule has 0 amide bonds. The highest BCUT2D eigenvalue weighted by atomic mass is 16.5. The van der Waals surface area contributed by atoms with E-state index in [4.69, 9.17) is 9.84 Å². The summed E-state index contributed by atoms with van der Waals surface area (Å²) in [5, 5.41) is 8.76. The molecule has 1 heterocycles. The molecule has 1 aliphatic rings. The second-order valence-corrected chi connectivity index (χ2v) is 3.68. The summed E-state index contributed by atoms with van der Waals surface area (Å²) in [5.41, 5.74) is 0. The number of aliphatic hydroxyl groups excluding tert-OH is 1. The molecule has 1 fully saturated rings. The summed E-state index contributed by atoms with van der Waals surface area (Å²) >= 11 is 0. The Kier molecular flexibility index (Phi) is 3.98. The van der Waals surface area contributed by atoms with Gasteiger partial charge in [-0.15, -0.1) is 0 Å². The largest absolute Gasteiger partial charge is 0.395 e. The van der Waals surface area contributed by atoms with Crippen LogP contribution in [0.4, 0.5) is 0 Å². The van der Waals surface area contributed by atoms with Crippen molar-refractivity contribution < 1.29 is 9.84 Å². The molecule has 0 aromatic heterocycles. The van der Waals surface area contributed by atoms with E-state index >= 15 is 0 Å². The molecule has 0 radical (unpaired) electrons. The Hall–Kier alpha value is -0.120. The van der Waals surface area contributed by atoms with E-state index in [0.717, 1.165) is 26.2 Å². The van der Waals surface area contributed by atoms with Crippen molar-refractivity contribution >= 4 is 0 Å². The van der Waals surface area contributed by atoms with E-state index in [1.807, 2.05) is 0 Å². The third-order valence-corrected chi connectivity index (χ3v) is 2.34. The minimum Gasteiger partial charge on any atom is -0.395 e. The van der Waals surface area contributed by atoms with Crippen molar-refractivity contribution in [2.45, 2.75) is 20.0 Å². The number of hydrogen-bond acceptors (Lipinski definition) is 3. The van der Waals surface area contributed by atoms with Crippen LogP contribution in [0, 0.1) is 5.92 Å². The summed E-state index contributed by atoms with van der Waals surface area (Å²) in [7, 11) is 0. The van der Waals surface area contributed by atoms with E-state index < -0.39 is 0 Å². The molecule has 3 nitrogen and oxygen atoms in total. The summed E-state index contributed by atoms with van der Waals surface area (Å²) in [5.74, 6) is 0.575. The van der Waals surface area contributed by atoms with Crippen LogP contribution in [0.5, 0.6) is 0 Å². The highest BCUT2D eigenvalue weighted by molar-refractivity contribution is 4.73. The minimum atomic E-state index is 0.255. The van der Waals surface area contributed by atoms with E-state index in [0.29, 0.717) is 12.0 Å². The lowest BCUT2D eigenvalue weighted by Crippen LogP contribution is -2.45. The molecule has 0 saturated carbocycles. The van der Waals surface area contributed by atoms with Crippen LogP contribution in [0.1, 0.15) is 13.8 Å². The summed E-state index contributed by atoms with van der Waals surface area (Å²) in [6.45, 7) is 8.13. The maximum atomic E-state index is 8.76. The van der Waals surface area contributed by atoms with E-state index in [2.05, 4.69) is 18.7 Å². The van der Waals surface area contributed by atoms with Crippen molar-refractivity contribution in [1.29, 1.82) is 0 Å². The quantitative estimate of drug-likeness (QED) is 0.668. The summed E-state index contributed by atoms with van der Waals surface area (Å²) in [4.78, 5) is 2.26. The highest BCUT2D eigenvalue weighted by Gasteiger charge is 2.22. The third-order valence-electron chi connectivity index (χ3n) is 2.34. The van der Waals surface area contributed by atoms with Crippen molar-refractivity contribution in [1.82, 2.24) is 4.90 Å². The summed E-state index contributed by atoms with van der Waals surface area (Å²) in [6.07, 6.45) is 0.352. The molecule has 1 rings (SSSR count). The normalized spacial score (nSPS) is 26.5. The van der Waals surface area contributed by atoms with Gasteiger partial charge in [0.2, 0.25) is 0 Å². The van der Waals surface area contributed by atoms with E-state index in [1.54, 1.807) is 0 Å². The molecular formula is C9H19NO2. The number of β-amino-alcohol motifs (C(OH)–C–C–N with tert-alkyl or cyclic N) is 1. The van der Waals surface area contributed by atoms with Gasteiger partial charge in [-0.2, -0.15) is 0 Å². The summed E-state index contributed by atoms with van der Waals surface area (Å²) < 4.78 is 5.59. The minimum absolute atomic E-state index is 0.255. The van der Waals surface area contributed by atoms with Crippen LogP contribution in [0.25, 0.3) is 0 Å². The van der Waals surface area contributed by atoms with Gasteiger partial charge in [0.25, 0.3) is 0 Å². The Bertz CT molecular complexity index is 126. The Morgan fingerprint density at radius 2 is 2.33 bits per heavy atom. The molecule has 0 spiro atoms. The van der Waals surface area contributed by atoms with Crippen molar-refractivity contribution in [3.63, 3.8) is 0 Å². The number of ether oxygens (including phenoxy) is 1. The van der Waals surface area contributed by atoms with Gasteiger partial charge < -0.3 is 9.84 Å². The number of hydrogen-bond donors (Lipinski definition) is 1. The van der Waals surface area contributed by atoms with Gasteiger partial charge in [0.1, 0.15) is 0 Å². The Morgan fingerprint density at radius 3 is 2.92 bits per heavy atom. The second kappa shape index (κ2) is 4.80.